The van der Waals surface area contributed by atoms with Crippen molar-refractivity contribution in [3.63, 3.8) is 0 Å². The monoisotopic (exact) mass is 610 g/mol. The fourth-order valence-corrected chi connectivity index (χ4v) is 8.39. The molecular weight excluding hydrogens is 560 g/mol. The molecule has 0 spiro atoms. The van der Waals surface area contributed by atoms with Crippen LogP contribution in [0.2, 0.25) is 0 Å². The van der Waals surface area contributed by atoms with Crippen LogP contribution in [0, 0.1) is 11.8 Å². The number of H-pyrrole nitrogens is 2. The van der Waals surface area contributed by atoms with Gasteiger partial charge in [0, 0.05) is 52.8 Å². The lowest BCUT2D eigenvalue weighted by Gasteiger charge is -2.44. The molecule has 4 fully saturated rings. The molecule has 2 saturated carbocycles. The highest BCUT2D eigenvalue weighted by atomic mass is 16.4. The minimum atomic E-state index is -0.801. The number of rotatable bonds is 4. The van der Waals surface area contributed by atoms with E-state index >= 15 is 0 Å². The van der Waals surface area contributed by atoms with Gasteiger partial charge in [0.05, 0.1) is 12.8 Å². The zero-order valence-corrected chi connectivity index (χ0v) is 26.6. The summed E-state index contributed by atoms with van der Waals surface area (Å²) in [6, 6.07) is 17.3. The molecule has 4 aromatic rings. The number of carboxylic acids is 1. The molecule has 8 rings (SSSR count). The molecule has 4 N–H and O–H groups in total. The van der Waals surface area contributed by atoms with Crippen LogP contribution in [0.1, 0.15) is 88.2 Å². The first-order valence-electron chi connectivity index (χ1n) is 17.4. The molecule has 2 saturated heterocycles. The van der Waals surface area contributed by atoms with Gasteiger partial charge >= 0.3 is 5.97 Å². The van der Waals surface area contributed by atoms with Crippen LogP contribution in [0.25, 0.3) is 21.8 Å². The van der Waals surface area contributed by atoms with E-state index < -0.39 is 5.97 Å². The van der Waals surface area contributed by atoms with Gasteiger partial charge in [-0.1, -0.05) is 62.1 Å². The molecule has 45 heavy (non-hydrogen) atoms. The van der Waals surface area contributed by atoms with Crippen LogP contribution in [-0.2, 0) is 22.4 Å². The van der Waals surface area contributed by atoms with Gasteiger partial charge in [-0.15, -0.1) is 0 Å². The molecule has 2 aromatic heterocycles. The first kappa shape index (κ1) is 31.4. The Hall–Kier alpha value is -3.58. The predicted octanol–water partition coefficient (Wildman–Crippen LogP) is 7.62. The van der Waals surface area contributed by atoms with Crippen LogP contribution in [-0.4, -0.2) is 57.0 Å². The molecule has 4 atom stereocenters. The van der Waals surface area contributed by atoms with Crippen LogP contribution in [0.15, 0.2) is 60.9 Å². The van der Waals surface area contributed by atoms with Gasteiger partial charge in [0.2, 0.25) is 5.91 Å². The minimum absolute atomic E-state index is 0.0734. The number of nitrogens with one attached hydrogen (secondary N) is 3. The first-order valence-corrected chi connectivity index (χ1v) is 17.4. The molecule has 7 nitrogen and oxygen atoms in total. The summed E-state index contributed by atoms with van der Waals surface area (Å²) in [4.78, 5) is 31.9. The number of aromatic nitrogens is 2. The standard InChI is InChI=1S/C19H24N2O.C10H9NO2.C9H17N/c22-19(12-15-13-20-17-9-3-2-8-16(15)17)21-11-5-7-14-6-1-4-10-18(14)21;12-10(13)5-7-6-11-9-4-2-1-3-8(7)9;1-2-6-9-8(4-1)5-3-7-10-9/h2-3,8-9,13-14,18,20H,1,4-7,10-12H2;1-4,6,11H,5H2,(H,12,13);8-10H,1-7H2. The summed E-state index contributed by atoms with van der Waals surface area (Å²) in [5.74, 6) is 1.32. The van der Waals surface area contributed by atoms with Crippen LogP contribution in [0.5, 0.6) is 0 Å². The molecule has 4 heterocycles. The summed E-state index contributed by atoms with van der Waals surface area (Å²) in [6.45, 7) is 2.24. The molecule has 2 aliphatic carbocycles. The maximum atomic E-state index is 12.9. The lowest BCUT2D eigenvalue weighted by atomic mass is 9.78. The summed E-state index contributed by atoms with van der Waals surface area (Å²) in [7, 11) is 0. The smallest absolute Gasteiger partial charge is 0.307 e. The van der Waals surface area contributed by atoms with E-state index in [2.05, 4.69) is 32.3 Å². The Morgan fingerprint density at radius 1 is 0.689 bits per heavy atom. The number of nitrogens with zero attached hydrogens (tertiary/aromatic N) is 1. The van der Waals surface area contributed by atoms with Crippen molar-refractivity contribution in [2.75, 3.05) is 13.1 Å². The van der Waals surface area contributed by atoms with Crippen molar-refractivity contribution in [1.29, 1.82) is 0 Å². The molecule has 240 valence electrons. The second kappa shape index (κ2) is 15.1. The SMILES string of the molecule is C1CCC2NCCCC2C1.O=C(Cc1c[nH]c2ccccc12)N1CCCC2CCCCC21.O=C(O)Cc1c[nH]c2ccccc12. The Morgan fingerprint density at radius 2 is 1.27 bits per heavy atom. The number of piperidine rings is 2. The van der Waals surface area contributed by atoms with Crippen molar-refractivity contribution in [3.05, 3.63) is 72.1 Å². The van der Waals surface area contributed by atoms with E-state index in [9.17, 15) is 9.59 Å². The van der Waals surface area contributed by atoms with Crippen molar-refractivity contribution < 1.29 is 14.7 Å². The number of fused-ring (bicyclic) bond motifs is 4. The third-order valence-corrected chi connectivity index (χ3v) is 10.7. The van der Waals surface area contributed by atoms with Gasteiger partial charge in [0.15, 0.2) is 0 Å². The van der Waals surface area contributed by atoms with E-state index in [0.29, 0.717) is 18.4 Å². The number of aliphatic carboxylic acids is 1. The van der Waals surface area contributed by atoms with Gasteiger partial charge < -0.3 is 25.3 Å². The molecule has 4 aliphatic rings. The van der Waals surface area contributed by atoms with Gasteiger partial charge in [0.1, 0.15) is 0 Å². The number of carbonyl (C=O) groups is 2. The van der Waals surface area contributed by atoms with E-state index in [-0.39, 0.29) is 6.42 Å². The summed E-state index contributed by atoms with van der Waals surface area (Å²) in [6.07, 6.45) is 20.9. The van der Waals surface area contributed by atoms with Crippen molar-refractivity contribution >= 4 is 33.7 Å². The number of aromatic amines is 2. The van der Waals surface area contributed by atoms with Gasteiger partial charge in [-0.3, -0.25) is 9.59 Å². The van der Waals surface area contributed by atoms with E-state index in [1.807, 2.05) is 42.6 Å². The maximum absolute atomic E-state index is 12.9. The first-order chi connectivity index (χ1) is 22.1. The summed E-state index contributed by atoms with van der Waals surface area (Å²) < 4.78 is 0. The van der Waals surface area contributed by atoms with Crippen LogP contribution in [0.3, 0.4) is 0 Å². The quantitative estimate of drug-likeness (QED) is 0.191. The number of likely N-dealkylation sites (tertiary alicyclic amines) is 1. The van der Waals surface area contributed by atoms with Crippen LogP contribution >= 0.6 is 0 Å². The third-order valence-electron chi connectivity index (χ3n) is 10.7. The van der Waals surface area contributed by atoms with E-state index in [1.54, 1.807) is 6.20 Å². The van der Waals surface area contributed by atoms with Gasteiger partial charge in [-0.2, -0.15) is 0 Å². The third kappa shape index (κ3) is 7.81. The van der Waals surface area contributed by atoms with Crippen molar-refractivity contribution in [1.82, 2.24) is 20.2 Å². The highest BCUT2D eigenvalue weighted by molar-refractivity contribution is 5.89. The Morgan fingerprint density at radius 3 is 1.96 bits per heavy atom. The number of benzene rings is 2. The fourth-order valence-electron chi connectivity index (χ4n) is 8.39. The predicted molar refractivity (Wildman–Crippen MR) is 181 cm³/mol. The highest BCUT2D eigenvalue weighted by Crippen LogP contribution is 2.36. The number of amides is 1. The molecule has 4 unspecified atom stereocenters. The number of hydrogen-bond donors (Lipinski definition) is 4. The van der Waals surface area contributed by atoms with Gasteiger partial charge in [-0.25, -0.2) is 0 Å². The Balaban J connectivity index is 0.000000131. The lowest BCUT2D eigenvalue weighted by Crippen LogP contribution is -2.50. The van der Waals surface area contributed by atoms with Crippen molar-refractivity contribution in [3.8, 4) is 0 Å². The van der Waals surface area contributed by atoms with Crippen molar-refractivity contribution in [2.45, 2.75) is 102 Å². The van der Waals surface area contributed by atoms with E-state index in [4.69, 9.17) is 5.11 Å². The fraction of sp³-hybridized carbons (Fsp3) is 0.526. The normalized spacial score (nSPS) is 24.4. The van der Waals surface area contributed by atoms with Crippen molar-refractivity contribution in [2.24, 2.45) is 11.8 Å². The van der Waals surface area contributed by atoms with E-state index in [0.717, 1.165) is 52.0 Å². The van der Waals surface area contributed by atoms with Crippen LogP contribution < -0.4 is 5.32 Å². The number of carbonyl (C=O) groups excluding carboxylic acids is 1. The zero-order chi connectivity index (χ0) is 31.0. The molecule has 0 bridgehead atoms. The average Bonchev–Trinajstić information content (AvgIpc) is 3.69. The average molecular weight is 611 g/mol. The second-order valence-electron chi connectivity index (χ2n) is 13.6. The summed E-state index contributed by atoms with van der Waals surface area (Å²) >= 11 is 0. The number of carboxylic acid groups (broad SMARTS) is 1. The van der Waals surface area contributed by atoms with Gasteiger partial charge in [0.25, 0.3) is 0 Å². The number of para-hydroxylation sites is 2. The molecular formula is C38H50N4O3. The minimum Gasteiger partial charge on any atom is -0.481 e. The Labute approximate surface area is 267 Å². The lowest BCUT2D eigenvalue weighted by molar-refractivity contribution is -0.137. The Kier molecular flexibility index (Phi) is 10.6. The molecule has 2 aromatic carbocycles. The number of hydrogen-bond acceptors (Lipinski definition) is 3. The largest absolute Gasteiger partial charge is 0.481 e. The molecule has 2 aliphatic heterocycles. The molecule has 7 heteroatoms. The maximum Gasteiger partial charge on any atom is 0.307 e. The second-order valence-corrected chi connectivity index (χ2v) is 13.6. The topological polar surface area (TPSA) is 101 Å². The van der Waals surface area contributed by atoms with Crippen LogP contribution in [0.4, 0.5) is 0 Å². The van der Waals surface area contributed by atoms with Gasteiger partial charge in [-0.05, 0) is 93.0 Å². The summed E-state index contributed by atoms with van der Waals surface area (Å²) in [5.41, 5.74) is 4.08. The Bertz CT molecular complexity index is 1530. The highest BCUT2D eigenvalue weighted by Gasteiger charge is 2.35. The molecule has 1 amide bonds. The summed E-state index contributed by atoms with van der Waals surface area (Å²) in [5, 5.41) is 14.4. The van der Waals surface area contributed by atoms with E-state index in [1.165, 1.54) is 89.0 Å². The zero-order valence-electron chi connectivity index (χ0n) is 26.6. The molecule has 0 radical (unpaired) electrons.